The van der Waals surface area contributed by atoms with Crippen LogP contribution >= 0.6 is 38.9 Å². The Labute approximate surface area is 135 Å². The Kier molecular flexibility index (Phi) is 8.63. The van der Waals surface area contributed by atoms with Gasteiger partial charge < -0.3 is 5.32 Å². The summed E-state index contributed by atoms with van der Waals surface area (Å²) in [5.41, 5.74) is 0. The molecule has 1 aromatic heterocycles. The van der Waals surface area contributed by atoms with Crippen molar-refractivity contribution in [3.63, 3.8) is 0 Å². The molecule has 0 spiro atoms. The van der Waals surface area contributed by atoms with Gasteiger partial charge in [-0.25, -0.2) is 0 Å². The van der Waals surface area contributed by atoms with Crippen molar-refractivity contribution in [2.75, 3.05) is 6.54 Å². The van der Waals surface area contributed by atoms with E-state index in [0.29, 0.717) is 12.0 Å². The predicted octanol–water partition coefficient (Wildman–Crippen LogP) is 6.42. The number of nitrogens with one attached hydrogen (secondary N) is 1. The standard InChI is InChI=1S/C15H25BrClNS/c1-4-7-8-11(6-3)14(18-9-5-2)13-10-12(17)15(16)19-13/h10-11,14,18H,4-9H2,1-3H3. The van der Waals surface area contributed by atoms with Gasteiger partial charge in [-0.3, -0.25) is 0 Å². The normalized spacial score (nSPS) is 14.6. The van der Waals surface area contributed by atoms with Crippen LogP contribution in [0.5, 0.6) is 0 Å². The zero-order chi connectivity index (χ0) is 14.3. The van der Waals surface area contributed by atoms with Gasteiger partial charge in [-0.2, -0.15) is 0 Å². The van der Waals surface area contributed by atoms with Crippen molar-refractivity contribution in [2.24, 2.45) is 5.92 Å². The zero-order valence-electron chi connectivity index (χ0n) is 12.1. The van der Waals surface area contributed by atoms with E-state index in [1.54, 1.807) is 11.3 Å². The lowest BCUT2D eigenvalue weighted by atomic mass is 9.90. The summed E-state index contributed by atoms with van der Waals surface area (Å²) in [5.74, 6) is 0.702. The Morgan fingerprint density at radius 1 is 1.32 bits per heavy atom. The Balaban J connectivity index is 2.84. The van der Waals surface area contributed by atoms with Gasteiger partial charge in [-0.15, -0.1) is 11.3 Å². The smallest absolute Gasteiger partial charge is 0.0887 e. The summed E-state index contributed by atoms with van der Waals surface area (Å²) in [7, 11) is 0. The highest BCUT2D eigenvalue weighted by molar-refractivity contribution is 9.11. The van der Waals surface area contributed by atoms with Crippen molar-refractivity contribution < 1.29 is 0 Å². The molecule has 4 heteroatoms. The van der Waals surface area contributed by atoms with E-state index < -0.39 is 0 Å². The molecule has 19 heavy (non-hydrogen) atoms. The van der Waals surface area contributed by atoms with Gasteiger partial charge in [0.05, 0.1) is 8.81 Å². The average molecular weight is 367 g/mol. The van der Waals surface area contributed by atoms with Gasteiger partial charge in [0.2, 0.25) is 0 Å². The molecular formula is C15H25BrClNS. The van der Waals surface area contributed by atoms with E-state index in [1.807, 2.05) is 0 Å². The highest BCUT2D eigenvalue weighted by Crippen LogP contribution is 2.39. The van der Waals surface area contributed by atoms with Crippen molar-refractivity contribution >= 4 is 38.9 Å². The van der Waals surface area contributed by atoms with E-state index in [4.69, 9.17) is 11.6 Å². The molecular weight excluding hydrogens is 342 g/mol. The first-order chi connectivity index (χ1) is 9.13. The first-order valence-electron chi connectivity index (χ1n) is 7.32. The van der Waals surface area contributed by atoms with E-state index in [2.05, 4.69) is 48.1 Å². The van der Waals surface area contributed by atoms with Gasteiger partial charge >= 0.3 is 0 Å². The fourth-order valence-electron chi connectivity index (χ4n) is 2.39. The number of unbranched alkanes of at least 4 members (excludes halogenated alkanes) is 1. The lowest BCUT2D eigenvalue weighted by molar-refractivity contribution is 0.327. The third kappa shape index (κ3) is 5.37. The molecule has 1 rings (SSSR count). The predicted molar refractivity (Wildman–Crippen MR) is 91.4 cm³/mol. The number of halogens is 2. The summed E-state index contributed by atoms with van der Waals surface area (Å²) in [6.07, 6.45) is 6.26. The molecule has 110 valence electrons. The van der Waals surface area contributed by atoms with Crippen LogP contribution in [0, 0.1) is 5.92 Å². The minimum absolute atomic E-state index is 0.449. The summed E-state index contributed by atoms with van der Waals surface area (Å²) in [6, 6.07) is 2.57. The molecule has 0 radical (unpaired) electrons. The van der Waals surface area contributed by atoms with Crippen LogP contribution in [-0.4, -0.2) is 6.54 Å². The molecule has 0 aliphatic carbocycles. The lowest BCUT2D eigenvalue weighted by Gasteiger charge is -2.26. The molecule has 0 aliphatic rings. The van der Waals surface area contributed by atoms with Crippen LogP contribution in [0.1, 0.15) is 63.8 Å². The molecule has 0 aliphatic heterocycles. The summed E-state index contributed by atoms with van der Waals surface area (Å²) < 4.78 is 1.05. The maximum absolute atomic E-state index is 6.20. The molecule has 0 saturated carbocycles. The highest BCUT2D eigenvalue weighted by Gasteiger charge is 2.23. The largest absolute Gasteiger partial charge is 0.309 e. The van der Waals surface area contributed by atoms with Gasteiger partial charge in [0.25, 0.3) is 0 Å². The SMILES string of the molecule is CCCCC(CC)C(NCCC)c1cc(Cl)c(Br)s1. The Morgan fingerprint density at radius 2 is 2.05 bits per heavy atom. The van der Waals surface area contributed by atoms with Gasteiger partial charge in [0.15, 0.2) is 0 Å². The maximum Gasteiger partial charge on any atom is 0.0887 e. The van der Waals surface area contributed by atoms with Crippen LogP contribution in [0.3, 0.4) is 0 Å². The van der Waals surface area contributed by atoms with Crippen LogP contribution < -0.4 is 5.32 Å². The monoisotopic (exact) mass is 365 g/mol. The highest BCUT2D eigenvalue weighted by atomic mass is 79.9. The molecule has 1 heterocycles. The van der Waals surface area contributed by atoms with Crippen LogP contribution in [0.2, 0.25) is 5.02 Å². The minimum Gasteiger partial charge on any atom is -0.309 e. The van der Waals surface area contributed by atoms with E-state index in [0.717, 1.165) is 15.4 Å². The molecule has 0 bridgehead atoms. The minimum atomic E-state index is 0.449. The third-order valence-corrected chi connectivity index (χ3v) is 6.07. The molecule has 1 aromatic rings. The van der Waals surface area contributed by atoms with E-state index in [9.17, 15) is 0 Å². The topological polar surface area (TPSA) is 12.0 Å². The van der Waals surface area contributed by atoms with Crippen LogP contribution in [0.15, 0.2) is 9.85 Å². The van der Waals surface area contributed by atoms with Crippen molar-refractivity contribution in [2.45, 2.75) is 58.9 Å². The average Bonchev–Trinajstić information content (AvgIpc) is 2.73. The molecule has 0 saturated heterocycles. The Morgan fingerprint density at radius 3 is 2.53 bits per heavy atom. The molecule has 0 aromatic carbocycles. The Hall–Kier alpha value is 0.430. The summed E-state index contributed by atoms with van der Waals surface area (Å²) in [5, 5.41) is 4.56. The molecule has 1 N–H and O–H groups in total. The second kappa shape index (κ2) is 9.38. The van der Waals surface area contributed by atoms with Gasteiger partial charge in [-0.1, -0.05) is 51.6 Å². The van der Waals surface area contributed by atoms with Crippen molar-refractivity contribution in [1.29, 1.82) is 0 Å². The second-order valence-electron chi connectivity index (χ2n) is 5.01. The first-order valence-corrected chi connectivity index (χ1v) is 9.30. The van der Waals surface area contributed by atoms with E-state index >= 15 is 0 Å². The number of hydrogen-bond donors (Lipinski definition) is 1. The fraction of sp³-hybridized carbons (Fsp3) is 0.733. The number of hydrogen-bond acceptors (Lipinski definition) is 2. The molecule has 0 fully saturated rings. The van der Waals surface area contributed by atoms with Crippen molar-refractivity contribution in [3.8, 4) is 0 Å². The van der Waals surface area contributed by atoms with Gasteiger partial charge in [0.1, 0.15) is 0 Å². The lowest BCUT2D eigenvalue weighted by Crippen LogP contribution is -2.28. The molecule has 2 unspecified atom stereocenters. The third-order valence-electron chi connectivity index (χ3n) is 3.51. The quantitative estimate of drug-likeness (QED) is 0.531. The zero-order valence-corrected chi connectivity index (χ0v) is 15.3. The van der Waals surface area contributed by atoms with Crippen molar-refractivity contribution in [1.82, 2.24) is 5.32 Å². The Bertz CT molecular complexity index is 348. The van der Waals surface area contributed by atoms with Gasteiger partial charge in [0, 0.05) is 10.9 Å². The summed E-state index contributed by atoms with van der Waals surface area (Å²) in [4.78, 5) is 1.37. The molecule has 2 atom stereocenters. The van der Waals surface area contributed by atoms with Crippen molar-refractivity contribution in [3.05, 3.63) is 19.8 Å². The van der Waals surface area contributed by atoms with E-state index in [-0.39, 0.29) is 0 Å². The molecule has 0 amide bonds. The maximum atomic E-state index is 6.20. The fourth-order valence-corrected chi connectivity index (χ4v) is 4.30. The van der Waals surface area contributed by atoms with Crippen LogP contribution in [0.25, 0.3) is 0 Å². The molecule has 1 nitrogen and oxygen atoms in total. The number of rotatable bonds is 9. The van der Waals surface area contributed by atoms with Crippen LogP contribution in [0.4, 0.5) is 0 Å². The number of thiophene rings is 1. The van der Waals surface area contributed by atoms with Crippen LogP contribution in [-0.2, 0) is 0 Å². The first kappa shape index (κ1) is 17.5. The second-order valence-corrected chi connectivity index (χ2v) is 7.82. The van der Waals surface area contributed by atoms with E-state index in [1.165, 1.54) is 37.0 Å². The van der Waals surface area contributed by atoms with Gasteiger partial charge in [-0.05, 0) is 47.3 Å². The summed E-state index contributed by atoms with van der Waals surface area (Å²) >= 11 is 11.5. The summed E-state index contributed by atoms with van der Waals surface area (Å²) in [6.45, 7) is 7.85.